The minimum absolute atomic E-state index is 0.0812. The third kappa shape index (κ3) is 2.20. The molecule has 1 aromatic heterocycles. The van der Waals surface area contributed by atoms with Crippen LogP contribution >= 0.6 is 0 Å². The van der Waals surface area contributed by atoms with Crippen LogP contribution in [0.25, 0.3) is 0 Å². The molecule has 0 bridgehead atoms. The molecular weight excluding hydrogens is 230 g/mol. The van der Waals surface area contributed by atoms with E-state index in [-0.39, 0.29) is 5.75 Å². The van der Waals surface area contributed by atoms with Crippen LogP contribution in [0.3, 0.4) is 0 Å². The summed E-state index contributed by atoms with van der Waals surface area (Å²) in [5.74, 6) is 0.0812. The highest BCUT2D eigenvalue weighted by molar-refractivity contribution is 6.13. The number of phenols is 1. The number of hydrogen-bond donors (Lipinski definition) is 2. The maximum absolute atomic E-state index is 9.84. The first-order chi connectivity index (χ1) is 8.65. The largest absolute Gasteiger partial charge is 0.507 e. The molecule has 0 amide bonds. The molecule has 1 heterocycles. The fraction of sp³-hybridized carbons (Fsp3) is 0.231. The van der Waals surface area contributed by atoms with Gasteiger partial charge in [0.05, 0.1) is 6.20 Å². The Bertz CT molecular complexity index is 588. The molecule has 0 saturated heterocycles. The first-order valence-electron chi connectivity index (χ1n) is 5.70. The minimum Gasteiger partial charge on any atom is -0.507 e. The van der Waals surface area contributed by atoms with Gasteiger partial charge in [0.1, 0.15) is 11.5 Å². The van der Waals surface area contributed by atoms with E-state index in [4.69, 9.17) is 0 Å². The van der Waals surface area contributed by atoms with Crippen molar-refractivity contribution in [1.29, 1.82) is 0 Å². The average Bonchev–Trinajstić information content (AvgIpc) is 2.83. The molecule has 0 unspecified atom stereocenters. The Balaban J connectivity index is 2.49. The van der Waals surface area contributed by atoms with Crippen molar-refractivity contribution in [2.24, 2.45) is 5.16 Å². The molecule has 94 valence electrons. The van der Waals surface area contributed by atoms with Crippen molar-refractivity contribution < 1.29 is 10.3 Å². The Kier molecular flexibility index (Phi) is 3.32. The van der Waals surface area contributed by atoms with Gasteiger partial charge in [0.15, 0.2) is 0 Å². The fourth-order valence-corrected chi connectivity index (χ4v) is 1.77. The van der Waals surface area contributed by atoms with E-state index >= 15 is 0 Å². The molecule has 5 nitrogen and oxygen atoms in total. The van der Waals surface area contributed by atoms with Gasteiger partial charge in [-0.2, -0.15) is 5.10 Å². The normalized spacial score (nSPS) is 11.8. The topological polar surface area (TPSA) is 70.6 Å². The highest BCUT2D eigenvalue weighted by atomic mass is 16.4. The summed E-state index contributed by atoms with van der Waals surface area (Å²) in [6.45, 7) is 4.61. The Hall–Kier alpha value is -2.30. The number of oxime groups is 1. The monoisotopic (exact) mass is 245 g/mol. The molecule has 0 radical (unpaired) electrons. The molecule has 0 aliphatic rings. The van der Waals surface area contributed by atoms with E-state index in [1.165, 1.54) is 0 Å². The van der Waals surface area contributed by atoms with Crippen molar-refractivity contribution in [2.45, 2.75) is 20.4 Å². The van der Waals surface area contributed by atoms with Crippen LogP contribution in [0.15, 0.2) is 35.7 Å². The second-order valence-electron chi connectivity index (χ2n) is 4.05. The summed E-state index contributed by atoms with van der Waals surface area (Å²) in [4.78, 5) is 0. The average molecular weight is 245 g/mol. The summed E-state index contributed by atoms with van der Waals surface area (Å²) in [7, 11) is 0. The molecule has 0 saturated carbocycles. The first kappa shape index (κ1) is 12.2. The van der Waals surface area contributed by atoms with Gasteiger partial charge in [-0.1, -0.05) is 16.8 Å². The van der Waals surface area contributed by atoms with Crippen molar-refractivity contribution in [1.82, 2.24) is 9.78 Å². The maximum Gasteiger partial charge on any atom is 0.125 e. The predicted molar refractivity (Wildman–Crippen MR) is 68.2 cm³/mol. The van der Waals surface area contributed by atoms with Crippen LogP contribution in [-0.4, -0.2) is 25.8 Å². The van der Waals surface area contributed by atoms with Crippen molar-refractivity contribution in [3.8, 4) is 5.75 Å². The molecule has 2 rings (SSSR count). The Morgan fingerprint density at radius 2 is 2.22 bits per heavy atom. The van der Waals surface area contributed by atoms with E-state index in [0.717, 1.165) is 12.1 Å². The maximum atomic E-state index is 9.84. The van der Waals surface area contributed by atoms with Gasteiger partial charge in [0.25, 0.3) is 0 Å². The van der Waals surface area contributed by atoms with Crippen LogP contribution in [0, 0.1) is 6.92 Å². The van der Waals surface area contributed by atoms with Crippen molar-refractivity contribution >= 4 is 5.71 Å². The lowest BCUT2D eigenvalue weighted by Crippen LogP contribution is -2.03. The molecule has 2 aromatic rings. The molecule has 0 spiro atoms. The van der Waals surface area contributed by atoms with Crippen LogP contribution in [-0.2, 0) is 6.54 Å². The lowest BCUT2D eigenvalue weighted by Gasteiger charge is -2.06. The van der Waals surface area contributed by atoms with Gasteiger partial charge in [0.2, 0.25) is 0 Å². The smallest absolute Gasteiger partial charge is 0.125 e. The number of hydrogen-bond acceptors (Lipinski definition) is 4. The second-order valence-corrected chi connectivity index (χ2v) is 4.05. The molecule has 0 aliphatic heterocycles. The van der Waals surface area contributed by atoms with E-state index in [9.17, 15) is 10.3 Å². The summed E-state index contributed by atoms with van der Waals surface area (Å²) in [6, 6.07) is 5.15. The zero-order chi connectivity index (χ0) is 13.1. The Morgan fingerprint density at radius 3 is 2.83 bits per heavy atom. The van der Waals surface area contributed by atoms with Crippen LogP contribution in [0.2, 0.25) is 0 Å². The molecule has 1 aromatic carbocycles. The lowest BCUT2D eigenvalue weighted by molar-refractivity contribution is 0.319. The summed E-state index contributed by atoms with van der Waals surface area (Å²) in [5.41, 5.74) is 2.45. The quantitative estimate of drug-likeness (QED) is 0.494. The summed E-state index contributed by atoms with van der Waals surface area (Å²) >= 11 is 0. The number of phenolic OH excluding ortho intramolecular Hbond substituents is 1. The molecule has 0 atom stereocenters. The fourth-order valence-electron chi connectivity index (χ4n) is 1.77. The van der Waals surface area contributed by atoms with Crippen molar-refractivity contribution in [2.75, 3.05) is 0 Å². The number of nitrogens with zero attached hydrogens (tertiary/aromatic N) is 3. The van der Waals surface area contributed by atoms with Crippen LogP contribution in [0.4, 0.5) is 0 Å². The van der Waals surface area contributed by atoms with Crippen molar-refractivity contribution in [3.63, 3.8) is 0 Å². The molecule has 0 fully saturated rings. The predicted octanol–water partition coefficient (Wildman–Crippen LogP) is 2.14. The van der Waals surface area contributed by atoms with Gasteiger partial charge >= 0.3 is 0 Å². The Morgan fingerprint density at radius 1 is 1.44 bits per heavy atom. The second kappa shape index (κ2) is 4.91. The summed E-state index contributed by atoms with van der Waals surface area (Å²) < 4.78 is 1.73. The molecular formula is C13H15N3O2. The number of aromatic nitrogens is 2. The molecule has 0 aliphatic carbocycles. The zero-order valence-electron chi connectivity index (χ0n) is 10.3. The minimum atomic E-state index is 0.0812. The van der Waals surface area contributed by atoms with Gasteiger partial charge in [-0.05, 0) is 26.0 Å². The molecule has 18 heavy (non-hydrogen) atoms. The highest BCUT2D eigenvalue weighted by Crippen LogP contribution is 2.22. The first-order valence-corrected chi connectivity index (χ1v) is 5.70. The third-order valence-corrected chi connectivity index (χ3v) is 2.74. The van der Waals surface area contributed by atoms with Crippen LogP contribution < -0.4 is 0 Å². The van der Waals surface area contributed by atoms with Crippen LogP contribution in [0.1, 0.15) is 23.6 Å². The summed E-state index contributed by atoms with van der Waals surface area (Å²) in [5, 5.41) is 26.4. The van der Waals surface area contributed by atoms with E-state index in [2.05, 4.69) is 10.3 Å². The third-order valence-electron chi connectivity index (χ3n) is 2.74. The molecule has 2 N–H and O–H groups in total. The SMILES string of the molecule is CCn1cc(/C(=N\O)c2cc(C)ccc2O)cn1. The zero-order valence-corrected chi connectivity index (χ0v) is 10.3. The number of aromatic hydroxyl groups is 1. The number of aryl methyl sites for hydroxylation is 2. The number of benzene rings is 1. The van der Waals surface area contributed by atoms with Gasteiger partial charge in [-0.3, -0.25) is 4.68 Å². The van der Waals surface area contributed by atoms with E-state index in [1.54, 1.807) is 35.3 Å². The van der Waals surface area contributed by atoms with E-state index in [0.29, 0.717) is 16.8 Å². The lowest BCUT2D eigenvalue weighted by atomic mass is 10.0. The molecule has 5 heteroatoms. The number of rotatable bonds is 3. The van der Waals surface area contributed by atoms with E-state index < -0.39 is 0 Å². The van der Waals surface area contributed by atoms with Crippen molar-refractivity contribution in [3.05, 3.63) is 47.3 Å². The van der Waals surface area contributed by atoms with Crippen LogP contribution in [0.5, 0.6) is 5.75 Å². The standard InChI is InChI=1S/C13H15N3O2/c1-3-16-8-10(7-14-16)13(15-18)11-6-9(2)4-5-12(11)17/h4-8,17-18H,3H2,1-2H3/b15-13+. The van der Waals surface area contributed by atoms with Gasteiger partial charge in [-0.15, -0.1) is 0 Å². The van der Waals surface area contributed by atoms with Gasteiger partial charge in [-0.25, -0.2) is 0 Å². The van der Waals surface area contributed by atoms with Gasteiger partial charge in [0, 0.05) is 23.9 Å². The Labute approximate surface area is 105 Å². The summed E-state index contributed by atoms with van der Waals surface area (Å²) in [6.07, 6.45) is 3.39. The highest BCUT2D eigenvalue weighted by Gasteiger charge is 2.14. The van der Waals surface area contributed by atoms with E-state index in [1.807, 2.05) is 13.8 Å². The van der Waals surface area contributed by atoms with Gasteiger partial charge < -0.3 is 10.3 Å².